The van der Waals surface area contributed by atoms with Crippen LogP contribution in [0.1, 0.15) is 20.8 Å². The summed E-state index contributed by atoms with van der Waals surface area (Å²) in [4.78, 5) is 23.5. The van der Waals surface area contributed by atoms with Gasteiger partial charge in [-0.2, -0.15) is 0 Å². The van der Waals surface area contributed by atoms with E-state index in [2.05, 4.69) is 5.32 Å². The van der Waals surface area contributed by atoms with Crippen molar-refractivity contribution in [1.29, 1.82) is 0 Å². The lowest BCUT2D eigenvalue weighted by Crippen LogP contribution is -2.43. The molecule has 0 aromatic heterocycles. The van der Waals surface area contributed by atoms with Crippen molar-refractivity contribution < 1.29 is 14.7 Å². The Balaban J connectivity index is 3.89. The van der Waals surface area contributed by atoms with Gasteiger partial charge in [0, 0.05) is 13.1 Å². The fourth-order valence-electron chi connectivity index (χ4n) is 1.02. The summed E-state index contributed by atoms with van der Waals surface area (Å²) in [6, 6.07) is -0.686. The minimum Gasteiger partial charge on any atom is -0.480 e. The maximum Gasteiger partial charge on any atom is 0.320 e. The summed E-state index contributed by atoms with van der Waals surface area (Å²) in [5.41, 5.74) is 0. The highest BCUT2D eigenvalue weighted by atomic mass is 16.4. The molecule has 1 amide bonds. The molecule has 0 bridgehead atoms. The highest BCUT2D eigenvalue weighted by Gasteiger charge is 2.14. The van der Waals surface area contributed by atoms with Crippen LogP contribution in [0.5, 0.6) is 0 Å². The number of carbonyl (C=O) groups excluding carboxylic acids is 1. The van der Waals surface area contributed by atoms with Crippen LogP contribution in [0.15, 0.2) is 0 Å². The van der Waals surface area contributed by atoms with E-state index in [0.29, 0.717) is 13.1 Å². The normalized spacial score (nSPS) is 12.2. The number of likely N-dealkylation sites (N-methyl/N-ethyl adjacent to an activating group) is 1. The van der Waals surface area contributed by atoms with Crippen LogP contribution in [-0.4, -0.2) is 47.6 Å². The van der Waals surface area contributed by atoms with Crippen LogP contribution in [0.25, 0.3) is 0 Å². The number of rotatable bonds is 6. The Bertz CT molecular complexity index is 202. The van der Waals surface area contributed by atoms with Crippen molar-refractivity contribution in [2.24, 2.45) is 0 Å². The van der Waals surface area contributed by atoms with E-state index in [4.69, 9.17) is 5.11 Å². The van der Waals surface area contributed by atoms with Gasteiger partial charge in [-0.3, -0.25) is 14.9 Å². The lowest BCUT2D eigenvalue weighted by Gasteiger charge is -2.19. The van der Waals surface area contributed by atoms with Crippen molar-refractivity contribution in [1.82, 2.24) is 10.2 Å². The molecule has 1 atom stereocenters. The number of carboxylic acid groups (broad SMARTS) is 1. The minimum absolute atomic E-state index is 0.0666. The average molecular weight is 202 g/mol. The predicted octanol–water partition coefficient (Wildman–Crippen LogP) is -0.0825. The van der Waals surface area contributed by atoms with E-state index in [9.17, 15) is 9.59 Å². The van der Waals surface area contributed by atoms with E-state index in [1.54, 1.807) is 4.90 Å². The molecule has 5 nitrogen and oxygen atoms in total. The van der Waals surface area contributed by atoms with Crippen LogP contribution in [0.2, 0.25) is 0 Å². The molecule has 2 N–H and O–H groups in total. The third-order valence-corrected chi connectivity index (χ3v) is 2.05. The second-order valence-corrected chi connectivity index (χ2v) is 3.01. The molecule has 0 rings (SSSR count). The Morgan fingerprint density at radius 3 is 2.21 bits per heavy atom. The van der Waals surface area contributed by atoms with Crippen molar-refractivity contribution in [3.63, 3.8) is 0 Å². The van der Waals surface area contributed by atoms with Gasteiger partial charge in [-0.15, -0.1) is 0 Å². The first-order valence-corrected chi connectivity index (χ1v) is 4.76. The molecule has 0 aliphatic rings. The van der Waals surface area contributed by atoms with Gasteiger partial charge in [0.15, 0.2) is 0 Å². The van der Waals surface area contributed by atoms with Crippen LogP contribution in [-0.2, 0) is 9.59 Å². The molecule has 82 valence electrons. The van der Waals surface area contributed by atoms with Crippen LogP contribution >= 0.6 is 0 Å². The number of nitrogens with zero attached hydrogens (tertiary/aromatic N) is 1. The number of carbonyl (C=O) groups is 2. The van der Waals surface area contributed by atoms with Gasteiger partial charge in [0.05, 0.1) is 6.54 Å². The van der Waals surface area contributed by atoms with Gasteiger partial charge in [0.2, 0.25) is 5.91 Å². The Morgan fingerprint density at radius 2 is 1.86 bits per heavy atom. The third-order valence-electron chi connectivity index (χ3n) is 2.05. The highest BCUT2D eigenvalue weighted by molar-refractivity contribution is 5.79. The van der Waals surface area contributed by atoms with Gasteiger partial charge < -0.3 is 10.0 Å². The van der Waals surface area contributed by atoms with Crippen LogP contribution < -0.4 is 5.32 Å². The van der Waals surface area contributed by atoms with E-state index in [-0.39, 0.29) is 12.5 Å². The number of hydrogen-bond acceptors (Lipinski definition) is 3. The van der Waals surface area contributed by atoms with E-state index in [1.807, 2.05) is 13.8 Å². The van der Waals surface area contributed by atoms with Crippen LogP contribution in [0.4, 0.5) is 0 Å². The molecular weight excluding hydrogens is 184 g/mol. The van der Waals surface area contributed by atoms with Crippen molar-refractivity contribution >= 4 is 11.9 Å². The number of nitrogens with one attached hydrogen (secondary N) is 1. The van der Waals surface area contributed by atoms with Gasteiger partial charge in [-0.05, 0) is 20.8 Å². The van der Waals surface area contributed by atoms with Crippen molar-refractivity contribution in [2.75, 3.05) is 19.6 Å². The lowest BCUT2D eigenvalue weighted by molar-refractivity contribution is -0.139. The zero-order valence-electron chi connectivity index (χ0n) is 8.91. The standard InChI is InChI=1S/C9H18N2O3/c1-4-11(5-2)8(12)6-10-7(3)9(13)14/h7,10H,4-6H2,1-3H3,(H,13,14). The average Bonchev–Trinajstić information content (AvgIpc) is 2.15. The summed E-state index contributed by atoms with van der Waals surface area (Å²) < 4.78 is 0. The molecule has 0 aromatic rings. The summed E-state index contributed by atoms with van der Waals surface area (Å²) in [5.74, 6) is -1.01. The van der Waals surface area contributed by atoms with E-state index < -0.39 is 12.0 Å². The Labute approximate surface area is 84.1 Å². The largest absolute Gasteiger partial charge is 0.480 e. The molecular formula is C9H18N2O3. The highest BCUT2D eigenvalue weighted by Crippen LogP contribution is 1.88. The molecule has 0 fully saturated rings. The van der Waals surface area contributed by atoms with Gasteiger partial charge in [-0.25, -0.2) is 0 Å². The molecule has 0 aliphatic carbocycles. The van der Waals surface area contributed by atoms with Crippen molar-refractivity contribution in [3.05, 3.63) is 0 Å². The van der Waals surface area contributed by atoms with Crippen molar-refractivity contribution in [2.45, 2.75) is 26.8 Å². The lowest BCUT2D eigenvalue weighted by atomic mass is 10.3. The van der Waals surface area contributed by atoms with Crippen LogP contribution in [0, 0.1) is 0 Å². The molecule has 0 saturated heterocycles. The number of carboxylic acids is 1. The smallest absolute Gasteiger partial charge is 0.320 e. The fourth-order valence-corrected chi connectivity index (χ4v) is 1.02. The van der Waals surface area contributed by atoms with E-state index in [1.165, 1.54) is 6.92 Å². The summed E-state index contributed by atoms with van der Waals surface area (Å²) in [5, 5.41) is 11.2. The summed E-state index contributed by atoms with van der Waals surface area (Å²) >= 11 is 0. The molecule has 5 heteroatoms. The maximum absolute atomic E-state index is 11.4. The summed E-state index contributed by atoms with van der Waals surface area (Å²) in [7, 11) is 0. The second-order valence-electron chi connectivity index (χ2n) is 3.01. The first-order valence-electron chi connectivity index (χ1n) is 4.76. The zero-order chi connectivity index (χ0) is 11.1. The fraction of sp³-hybridized carbons (Fsp3) is 0.778. The third kappa shape index (κ3) is 4.23. The Hall–Kier alpha value is -1.10. The van der Waals surface area contributed by atoms with Gasteiger partial charge in [0.25, 0.3) is 0 Å². The van der Waals surface area contributed by atoms with Gasteiger partial charge in [-0.1, -0.05) is 0 Å². The quantitative estimate of drug-likeness (QED) is 0.632. The molecule has 0 saturated carbocycles. The van der Waals surface area contributed by atoms with Crippen molar-refractivity contribution in [3.8, 4) is 0 Å². The molecule has 14 heavy (non-hydrogen) atoms. The number of amides is 1. The number of hydrogen-bond donors (Lipinski definition) is 2. The predicted molar refractivity (Wildman–Crippen MR) is 53.0 cm³/mol. The minimum atomic E-state index is -0.947. The topological polar surface area (TPSA) is 69.6 Å². The second kappa shape index (κ2) is 6.37. The summed E-state index contributed by atoms with van der Waals surface area (Å²) in [6.07, 6.45) is 0. The van der Waals surface area contributed by atoms with Gasteiger partial charge >= 0.3 is 5.97 Å². The molecule has 0 aromatic carbocycles. The molecule has 1 unspecified atom stereocenters. The van der Waals surface area contributed by atoms with E-state index in [0.717, 1.165) is 0 Å². The maximum atomic E-state index is 11.4. The Kier molecular flexibility index (Phi) is 5.87. The van der Waals surface area contributed by atoms with Gasteiger partial charge in [0.1, 0.15) is 6.04 Å². The number of aliphatic carboxylic acids is 1. The first kappa shape index (κ1) is 12.9. The Morgan fingerprint density at radius 1 is 1.36 bits per heavy atom. The summed E-state index contributed by atoms with van der Waals surface area (Å²) in [6.45, 7) is 6.67. The molecule has 0 radical (unpaired) electrons. The van der Waals surface area contributed by atoms with Crippen LogP contribution in [0.3, 0.4) is 0 Å². The first-order chi connectivity index (χ1) is 6.52. The van der Waals surface area contributed by atoms with E-state index >= 15 is 0 Å². The molecule has 0 aliphatic heterocycles. The molecule has 0 spiro atoms. The SMILES string of the molecule is CCN(CC)C(=O)CNC(C)C(=O)O. The molecule has 0 heterocycles. The monoisotopic (exact) mass is 202 g/mol. The zero-order valence-corrected chi connectivity index (χ0v) is 8.91.